The lowest BCUT2D eigenvalue weighted by Gasteiger charge is -2.18. The quantitative estimate of drug-likeness (QED) is 0.338. The Hall–Kier alpha value is 0.370. The molecule has 6 heteroatoms. The van der Waals surface area contributed by atoms with Crippen LogP contribution in [0.15, 0.2) is 9.52 Å². The molecule has 0 bridgehead atoms. The van der Waals surface area contributed by atoms with Gasteiger partial charge in [0.15, 0.2) is 5.38 Å². The number of carbonyl (C=O) groups is 1. The Morgan fingerprint density at radius 2 is 1.78 bits per heavy atom. The second kappa shape index (κ2) is 10.2. The fourth-order valence-corrected chi connectivity index (χ4v) is 1.97. The predicted octanol–water partition coefficient (Wildman–Crippen LogP) is 5.38. The van der Waals surface area contributed by atoms with Crippen LogP contribution in [-0.2, 0) is 9.53 Å². The Bertz CT molecular complexity index is 288. The van der Waals surface area contributed by atoms with Gasteiger partial charge in [0.2, 0.25) is 0 Å². The average molecular weight is 336 g/mol. The predicted molar refractivity (Wildman–Crippen MR) is 78.5 cm³/mol. The molecule has 0 heterocycles. The maximum atomic E-state index is 11.7. The number of alkyl halides is 1. The lowest BCUT2D eigenvalue weighted by molar-refractivity contribution is -0.148. The summed E-state index contributed by atoms with van der Waals surface area (Å²) in [5.41, 5.74) is 0. The van der Waals surface area contributed by atoms with Crippen LogP contribution in [-0.4, -0.2) is 17.5 Å². The van der Waals surface area contributed by atoms with E-state index in [1.165, 1.54) is 0 Å². The molecule has 0 amide bonds. The van der Waals surface area contributed by atoms with Crippen molar-refractivity contribution in [3.8, 4) is 0 Å². The molecule has 2 atom stereocenters. The van der Waals surface area contributed by atoms with Crippen LogP contribution in [0.4, 0.5) is 0 Å². The highest BCUT2D eigenvalue weighted by Crippen LogP contribution is 2.26. The highest BCUT2D eigenvalue weighted by molar-refractivity contribution is 6.61. The van der Waals surface area contributed by atoms with Crippen molar-refractivity contribution < 1.29 is 9.53 Å². The minimum Gasteiger partial charge on any atom is -0.461 e. The third kappa shape index (κ3) is 7.08. The van der Waals surface area contributed by atoms with Crippen LogP contribution in [0, 0.1) is 0 Å². The van der Waals surface area contributed by atoms with Gasteiger partial charge in [-0.05, 0) is 19.3 Å². The summed E-state index contributed by atoms with van der Waals surface area (Å²) in [6, 6.07) is 0. The minimum absolute atomic E-state index is 0.103. The van der Waals surface area contributed by atoms with Gasteiger partial charge < -0.3 is 4.74 Å². The van der Waals surface area contributed by atoms with Crippen molar-refractivity contribution in [2.75, 3.05) is 0 Å². The van der Waals surface area contributed by atoms with Crippen molar-refractivity contribution >= 4 is 52.4 Å². The molecule has 0 aliphatic heterocycles. The van der Waals surface area contributed by atoms with E-state index in [9.17, 15) is 4.79 Å². The standard InChI is InChI=1S/C12H18Cl4O2/c1-3-5-6-7-8(4-2)18-12(17)10(14)9(13)11(15)16/h8,10H,3-7H2,1-2H3. The minimum atomic E-state index is -1.14. The first-order chi connectivity index (χ1) is 8.43. The zero-order valence-corrected chi connectivity index (χ0v) is 13.5. The monoisotopic (exact) mass is 334 g/mol. The number of hydrogen-bond acceptors (Lipinski definition) is 2. The van der Waals surface area contributed by atoms with Gasteiger partial charge >= 0.3 is 5.97 Å². The van der Waals surface area contributed by atoms with E-state index in [1.54, 1.807) is 0 Å². The number of ether oxygens (including phenoxy) is 1. The van der Waals surface area contributed by atoms with Crippen LogP contribution < -0.4 is 0 Å². The summed E-state index contributed by atoms with van der Waals surface area (Å²) in [5, 5.41) is -1.25. The first-order valence-corrected chi connectivity index (χ1v) is 7.56. The SMILES string of the molecule is CCCCCC(CC)OC(=O)C(Cl)C(Cl)=C(Cl)Cl. The fraction of sp³-hybridized carbons (Fsp3) is 0.750. The molecule has 0 spiro atoms. The van der Waals surface area contributed by atoms with E-state index in [0.717, 1.165) is 32.1 Å². The lowest BCUT2D eigenvalue weighted by atomic mass is 10.1. The van der Waals surface area contributed by atoms with Crippen LogP contribution in [0.1, 0.15) is 46.0 Å². The van der Waals surface area contributed by atoms with Gasteiger partial charge in [0.25, 0.3) is 0 Å². The first-order valence-electron chi connectivity index (χ1n) is 5.99. The maximum absolute atomic E-state index is 11.7. The van der Waals surface area contributed by atoms with Crippen LogP contribution in [0.3, 0.4) is 0 Å². The van der Waals surface area contributed by atoms with E-state index in [1.807, 2.05) is 6.92 Å². The zero-order chi connectivity index (χ0) is 14.1. The Kier molecular flexibility index (Phi) is 10.4. The molecule has 18 heavy (non-hydrogen) atoms. The van der Waals surface area contributed by atoms with Gasteiger partial charge in [-0.2, -0.15) is 0 Å². The number of esters is 1. The Labute approximate surface area is 129 Å². The molecule has 0 aromatic heterocycles. The molecule has 2 nitrogen and oxygen atoms in total. The molecule has 0 fully saturated rings. The van der Waals surface area contributed by atoms with Gasteiger partial charge in [-0.15, -0.1) is 11.6 Å². The van der Waals surface area contributed by atoms with Crippen LogP contribution in [0.2, 0.25) is 0 Å². The lowest BCUT2D eigenvalue weighted by Crippen LogP contribution is -2.25. The highest BCUT2D eigenvalue weighted by atomic mass is 35.5. The number of hydrogen-bond donors (Lipinski definition) is 0. The molecule has 0 saturated carbocycles. The Morgan fingerprint density at radius 3 is 2.22 bits per heavy atom. The second-order valence-corrected chi connectivity index (χ2v) is 5.73. The molecule has 106 valence electrons. The molecule has 0 aliphatic carbocycles. The second-order valence-electron chi connectivity index (χ2n) is 3.93. The Balaban J connectivity index is 4.30. The van der Waals surface area contributed by atoms with Gasteiger partial charge in [0.1, 0.15) is 10.6 Å². The molecule has 0 aromatic carbocycles. The van der Waals surface area contributed by atoms with Gasteiger partial charge in [0, 0.05) is 0 Å². The third-order valence-electron chi connectivity index (χ3n) is 2.48. The molecular formula is C12H18Cl4O2. The summed E-state index contributed by atoms with van der Waals surface area (Å²) in [6.07, 6.45) is 4.70. The summed E-state index contributed by atoms with van der Waals surface area (Å²) >= 11 is 22.4. The van der Waals surface area contributed by atoms with Crippen molar-refractivity contribution in [1.82, 2.24) is 0 Å². The van der Waals surface area contributed by atoms with Crippen molar-refractivity contribution in [3.05, 3.63) is 9.52 Å². The fourth-order valence-electron chi connectivity index (χ4n) is 1.39. The van der Waals surface area contributed by atoms with E-state index in [-0.39, 0.29) is 15.6 Å². The van der Waals surface area contributed by atoms with E-state index in [4.69, 9.17) is 51.1 Å². The maximum Gasteiger partial charge on any atom is 0.329 e. The summed E-state index contributed by atoms with van der Waals surface area (Å²) in [6.45, 7) is 4.08. The van der Waals surface area contributed by atoms with Gasteiger partial charge in [-0.1, -0.05) is 61.5 Å². The van der Waals surface area contributed by atoms with Crippen molar-refractivity contribution in [1.29, 1.82) is 0 Å². The van der Waals surface area contributed by atoms with E-state index < -0.39 is 11.3 Å². The van der Waals surface area contributed by atoms with E-state index >= 15 is 0 Å². The molecule has 0 N–H and O–H groups in total. The molecule has 2 unspecified atom stereocenters. The molecular weight excluding hydrogens is 318 g/mol. The summed E-state index contributed by atoms with van der Waals surface area (Å²) in [5.74, 6) is -0.608. The van der Waals surface area contributed by atoms with Crippen molar-refractivity contribution in [2.24, 2.45) is 0 Å². The zero-order valence-electron chi connectivity index (χ0n) is 10.5. The molecule has 0 aliphatic rings. The molecule has 0 aromatic rings. The number of carbonyl (C=O) groups excluding carboxylic acids is 1. The molecule has 0 saturated heterocycles. The van der Waals surface area contributed by atoms with E-state index in [2.05, 4.69) is 6.92 Å². The van der Waals surface area contributed by atoms with Gasteiger partial charge in [0.05, 0.1) is 5.03 Å². The topological polar surface area (TPSA) is 26.3 Å². The van der Waals surface area contributed by atoms with Crippen molar-refractivity contribution in [3.63, 3.8) is 0 Å². The van der Waals surface area contributed by atoms with Gasteiger partial charge in [-0.25, -0.2) is 0 Å². The Morgan fingerprint density at radius 1 is 1.17 bits per heavy atom. The summed E-state index contributed by atoms with van der Waals surface area (Å²) in [4.78, 5) is 11.7. The highest BCUT2D eigenvalue weighted by Gasteiger charge is 2.25. The van der Waals surface area contributed by atoms with Crippen LogP contribution in [0.5, 0.6) is 0 Å². The largest absolute Gasteiger partial charge is 0.461 e. The number of unbranched alkanes of at least 4 members (excludes halogenated alkanes) is 2. The van der Waals surface area contributed by atoms with Crippen LogP contribution >= 0.6 is 46.4 Å². The number of rotatable bonds is 8. The summed E-state index contributed by atoms with van der Waals surface area (Å²) in [7, 11) is 0. The van der Waals surface area contributed by atoms with Crippen molar-refractivity contribution in [2.45, 2.75) is 57.4 Å². The smallest absolute Gasteiger partial charge is 0.329 e. The van der Waals surface area contributed by atoms with E-state index in [0.29, 0.717) is 0 Å². The average Bonchev–Trinajstić information content (AvgIpc) is 2.35. The third-order valence-corrected chi connectivity index (χ3v) is 3.99. The molecule has 0 radical (unpaired) electrons. The van der Waals surface area contributed by atoms with Crippen LogP contribution in [0.25, 0.3) is 0 Å². The summed E-state index contributed by atoms with van der Waals surface area (Å²) < 4.78 is 5.06. The number of halogens is 4. The normalized spacial score (nSPS) is 13.9. The first kappa shape index (κ1) is 18.4. The molecule has 0 rings (SSSR count). The van der Waals surface area contributed by atoms with Gasteiger partial charge in [-0.3, -0.25) is 4.79 Å².